The van der Waals surface area contributed by atoms with Crippen LogP contribution in [0.1, 0.15) is 0 Å². The molecule has 2 N–H and O–H groups in total. The molecule has 0 bridgehead atoms. The molecule has 0 saturated carbocycles. The lowest BCUT2D eigenvalue weighted by Crippen LogP contribution is -2.56. The van der Waals surface area contributed by atoms with Crippen molar-refractivity contribution in [1.82, 2.24) is 19.9 Å². The summed E-state index contributed by atoms with van der Waals surface area (Å²) >= 11 is 11.4. The fraction of sp³-hybridized carbons (Fsp3) is 0.556. The van der Waals surface area contributed by atoms with Crippen LogP contribution in [-0.2, 0) is 0 Å². The Balaban J connectivity index is 2.22. The Morgan fingerprint density at radius 2 is 1.89 bits per heavy atom. The highest BCUT2D eigenvalue weighted by atomic mass is 35.5. The van der Waals surface area contributed by atoms with E-state index >= 15 is 0 Å². The standard InChI is InChI=1S/C9H11Cl2N5O3/c10-6-12-7(11)14-8(13-6)16-2-1-15(9(18)19)3-5(16)4-17/h5,17H,1-4H2,(H,18,19)/t5-/m1/s1. The van der Waals surface area contributed by atoms with Crippen molar-refractivity contribution in [2.45, 2.75) is 6.04 Å². The molecule has 1 saturated heterocycles. The minimum Gasteiger partial charge on any atom is -0.465 e. The monoisotopic (exact) mass is 307 g/mol. The maximum atomic E-state index is 10.9. The Labute approximate surface area is 118 Å². The molecule has 0 unspecified atom stereocenters. The number of halogens is 2. The third-order valence-electron chi connectivity index (χ3n) is 2.79. The number of carboxylic acid groups (broad SMARTS) is 1. The van der Waals surface area contributed by atoms with E-state index in [-0.39, 0.29) is 36.2 Å². The summed E-state index contributed by atoms with van der Waals surface area (Å²) < 4.78 is 0. The van der Waals surface area contributed by atoms with E-state index in [1.54, 1.807) is 4.90 Å². The molecule has 10 heteroatoms. The quantitative estimate of drug-likeness (QED) is 0.812. The number of nitrogens with zero attached hydrogens (tertiary/aromatic N) is 5. The molecule has 0 spiro atoms. The molecule has 1 aliphatic rings. The Kier molecular flexibility index (Phi) is 4.23. The summed E-state index contributed by atoms with van der Waals surface area (Å²) in [7, 11) is 0. The van der Waals surface area contributed by atoms with Gasteiger partial charge in [0, 0.05) is 19.6 Å². The average molecular weight is 308 g/mol. The molecule has 19 heavy (non-hydrogen) atoms. The highest BCUT2D eigenvalue weighted by molar-refractivity contribution is 6.31. The lowest BCUT2D eigenvalue weighted by atomic mass is 10.2. The molecule has 0 aromatic carbocycles. The van der Waals surface area contributed by atoms with Crippen LogP contribution in [0.3, 0.4) is 0 Å². The summed E-state index contributed by atoms with van der Waals surface area (Å²) in [5.41, 5.74) is 0. The van der Waals surface area contributed by atoms with Crippen LogP contribution in [-0.4, -0.2) is 68.4 Å². The highest BCUT2D eigenvalue weighted by Gasteiger charge is 2.31. The van der Waals surface area contributed by atoms with Gasteiger partial charge in [-0.1, -0.05) is 0 Å². The number of rotatable bonds is 2. The van der Waals surface area contributed by atoms with Gasteiger partial charge in [0.05, 0.1) is 12.6 Å². The largest absolute Gasteiger partial charge is 0.465 e. The van der Waals surface area contributed by atoms with E-state index in [1.165, 1.54) is 4.90 Å². The number of carbonyl (C=O) groups is 1. The number of anilines is 1. The summed E-state index contributed by atoms with van der Waals surface area (Å²) in [5, 5.41) is 18.2. The number of amides is 1. The van der Waals surface area contributed by atoms with E-state index in [9.17, 15) is 9.90 Å². The first-order valence-corrected chi connectivity index (χ1v) is 6.19. The van der Waals surface area contributed by atoms with Crippen LogP contribution < -0.4 is 4.90 Å². The summed E-state index contributed by atoms with van der Waals surface area (Å²) in [4.78, 5) is 25.3. The van der Waals surface area contributed by atoms with Gasteiger partial charge in [-0.15, -0.1) is 0 Å². The molecule has 2 rings (SSSR count). The third-order valence-corrected chi connectivity index (χ3v) is 3.13. The van der Waals surface area contributed by atoms with Gasteiger partial charge in [0.1, 0.15) is 0 Å². The van der Waals surface area contributed by atoms with Crippen molar-refractivity contribution >= 4 is 35.2 Å². The van der Waals surface area contributed by atoms with Crippen LogP contribution in [0.2, 0.25) is 10.6 Å². The molecule has 2 heterocycles. The predicted molar refractivity (Wildman–Crippen MR) is 67.7 cm³/mol. The highest BCUT2D eigenvalue weighted by Crippen LogP contribution is 2.19. The molecule has 1 atom stereocenters. The minimum atomic E-state index is -1.02. The van der Waals surface area contributed by atoms with Gasteiger partial charge in [-0.3, -0.25) is 0 Å². The average Bonchev–Trinajstić information content (AvgIpc) is 2.36. The topological polar surface area (TPSA) is 103 Å². The molecule has 8 nitrogen and oxygen atoms in total. The SMILES string of the molecule is O=C(O)N1CCN(c2nc(Cl)nc(Cl)n2)[C@@H](CO)C1. The first-order valence-electron chi connectivity index (χ1n) is 5.43. The van der Waals surface area contributed by atoms with E-state index < -0.39 is 12.1 Å². The van der Waals surface area contributed by atoms with Crippen LogP contribution in [0.4, 0.5) is 10.7 Å². The lowest BCUT2D eigenvalue weighted by molar-refractivity contribution is 0.124. The second-order valence-electron chi connectivity index (χ2n) is 3.93. The maximum Gasteiger partial charge on any atom is 0.407 e. The molecular weight excluding hydrogens is 297 g/mol. The van der Waals surface area contributed by atoms with Crippen LogP contribution in [0, 0.1) is 0 Å². The van der Waals surface area contributed by atoms with Crippen LogP contribution in [0.5, 0.6) is 0 Å². The normalized spacial score (nSPS) is 19.6. The van der Waals surface area contributed by atoms with Gasteiger partial charge in [0.2, 0.25) is 16.5 Å². The van der Waals surface area contributed by atoms with Gasteiger partial charge in [-0.05, 0) is 23.2 Å². The summed E-state index contributed by atoms with van der Waals surface area (Å²) in [6.45, 7) is 0.554. The molecule has 1 fully saturated rings. The Bertz CT molecular complexity index is 469. The molecule has 1 amide bonds. The van der Waals surface area contributed by atoms with Crippen LogP contribution in [0.25, 0.3) is 0 Å². The van der Waals surface area contributed by atoms with Gasteiger partial charge >= 0.3 is 6.09 Å². The number of aliphatic hydroxyl groups excluding tert-OH is 1. The third kappa shape index (κ3) is 3.14. The van der Waals surface area contributed by atoms with Crippen molar-refractivity contribution in [1.29, 1.82) is 0 Å². The molecule has 0 radical (unpaired) electrons. The van der Waals surface area contributed by atoms with Gasteiger partial charge < -0.3 is 20.0 Å². The van der Waals surface area contributed by atoms with E-state index in [1.807, 2.05) is 0 Å². The van der Waals surface area contributed by atoms with Crippen molar-refractivity contribution in [3.05, 3.63) is 10.6 Å². The number of aliphatic hydroxyl groups is 1. The van der Waals surface area contributed by atoms with Crippen molar-refractivity contribution in [3.8, 4) is 0 Å². The molecule has 1 aromatic rings. The second-order valence-corrected chi connectivity index (χ2v) is 4.61. The number of hydrogen-bond acceptors (Lipinski definition) is 6. The number of hydrogen-bond donors (Lipinski definition) is 2. The summed E-state index contributed by atoms with van der Waals surface area (Å²) in [6.07, 6.45) is -1.02. The van der Waals surface area contributed by atoms with Crippen LogP contribution in [0.15, 0.2) is 0 Å². The van der Waals surface area contributed by atoms with E-state index in [4.69, 9.17) is 28.3 Å². The zero-order valence-corrected chi connectivity index (χ0v) is 11.2. The second kappa shape index (κ2) is 5.72. The molecule has 104 valence electrons. The summed E-state index contributed by atoms with van der Waals surface area (Å²) in [5.74, 6) is 0.231. The maximum absolute atomic E-state index is 10.9. The van der Waals surface area contributed by atoms with Gasteiger partial charge in [-0.25, -0.2) is 4.79 Å². The van der Waals surface area contributed by atoms with Crippen molar-refractivity contribution in [2.75, 3.05) is 31.1 Å². The van der Waals surface area contributed by atoms with Crippen molar-refractivity contribution in [3.63, 3.8) is 0 Å². The first-order chi connectivity index (χ1) is 9.01. The summed E-state index contributed by atoms with van der Waals surface area (Å²) in [6, 6.07) is -0.445. The molecule has 1 aromatic heterocycles. The van der Waals surface area contributed by atoms with Gasteiger partial charge in [0.25, 0.3) is 0 Å². The fourth-order valence-electron chi connectivity index (χ4n) is 1.89. The van der Waals surface area contributed by atoms with Gasteiger partial charge in [0.15, 0.2) is 0 Å². The molecule has 0 aliphatic carbocycles. The van der Waals surface area contributed by atoms with Gasteiger partial charge in [-0.2, -0.15) is 15.0 Å². The number of aromatic nitrogens is 3. The first kappa shape index (κ1) is 14.0. The zero-order chi connectivity index (χ0) is 14.0. The predicted octanol–water partition coefficient (Wildman–Crippen LogP) is 0.339. The minimum absolute atomic E-state index is 0.0487. The molecular formula is C9H11Cl2N5O3. The fourth-order valence-corrected chi connectivity index (χ4v) is 2.25. The van der Waals surface area contributed by atoms with Crippen molar-refractivity contribution in [2.24, 2.45) is 0 Å². The number of piperazine rings is 1. The van der Waals surface area contributed by atoms with E-state index in [0.717, 1.165) is 0 Å². The van der Waals surface area contributed by atoms with Crippen LogP contribution >= 0.6 is 23.2 Å². The smallest absolute Gasteiger partial charge is 0.407 e. The van der Waals surface area contributed by atoms with Crippen molar-refractivity contribution < 1.29 is 15.0 Å². The molecule has 1 aliphatic heterocycles. The van der Waals surface area contributed by atoms with E-state index in [2.05, 4.69) is 15.0 Å². The Morgan fingerprint density at radius 1 is 1.26 bits per heavy atom. The Hall–Kier alpha value is -1.38. The Morgan fingerprint density at radius 3 is 2.42 bits per heavy atom. The lowest BCUT2D eigenvalue weighted by Gasteiger charge is -2.39. The zero-order valence-electron chi connectivity index (χ0n) is 9.70. The van der Waals surface area contributed by atoms with E-state index in [0.29, 0.717) is 6.54 Å².